The number of hydrogen-bond acceptors (Lipinski definition) is 2. The largest absolute Gasteiger partial charge is 0.341 e. The lowest BCUT2D eigenvalue weighted by Crippen LogP contribution is -2.11. The van der Waals surface area contributed by atoms with Crippen LogP contribution in [0.25, 0.3) is 11.0 Å². The monoisotopic (exact) mass is 281 g/mol. The van der Waals surface area contributed by atoms with Gasteiger partial charge >= 0.3 is 0 Å². The van der Waals surface area contributed by atoms with Crippen molar-refractivity contribution in [3.63, 3.8) is 0 Å². The maximum Gasteiger partial charge on any atom is 0.124 e. The highest BCUT2D eigenvalue weighted by Crippen LogP contribution is 2.21. The molecule has 1 aromatic carbocycles. The smallest absolute Gasteiger partial charge is 0.124 e. The van der Waals surface area contributed by atoms with Crippen molar-refractivity contribution in [3.05, 3.63) is 28.5 Å². The molecule has 3 N–H and O–H groups in total. The summed E-state index contributed by atoms with van der Waals surface area (Å²) < 4.78 is 1.05. The van der Waals surface area contributed by atoms with Gasteiger partial charge in [-0.25, -0.2) is 4.98 Å². The van der Waals surface area contributed by atoms with Crippen molar-refractivity contribution in [3.8, 4) is 0 Å². The summed E-state index contributed by atoms with van der Waals surface area (Å²) in [5, 5.41) is 0. The van der Waals surface area contributed by atoms with Crippen LogP contribution in [0.15, 0.2) is 22.7 Å². The topological polar surface area (TPSA) is 54.7 Å². The van der Waals surface area contributed by atoms with E-state index in [1.165, 1.54) is 6.42 Å². The standard InChI is InChI=1S/C12H16BrN3/c1-2-3-4-9(14)12-15-10-6-5-8(13)7-11(10)16-12/h5-7,9H,2-4,14H2,1H3,(H,15,16). The van der Waals surface area contributed by atoms with Crippen LogP contribution in [0.1, 0.15) is 38.1 Å². The van der Waals surface area contributed by atoms with Crippen LogP contribution in [0.4, 0.5) is 0 Å². The number of halogens is 1. The highest BCUT2D eigenvalue weighted by molar-refractivity contribution is 9.10. The van der Waals surface area contributed by atoms with Crippen LogP contribution < -0.4 is 5.73 Å². The Kier molecular flexibility index (Phi) is 3.61. The van der Waals surface area contributed by atoms with Gasteiger partial charge in [0.25, 0.3) is 0 Å². The number of aromatic amines is 1. The van der Waals surface area contributed by atoms with Crippen molar-refractivity contribution in [2.75, 3.05) is 0 Å². The summed E-state index contributed by atoms with van der Waals surface area (Å²) in [4.78, 5) is 7.78. The minimum atomic E-state index is 0.0196. The Labute approximate surface area is 104 Å². The second-order valence-electron chi connectivity index (χ2n) is 4.03. The van der Waals surface area contributed by atoms with Crippen LogP contribution in [-0.4, -0.2) is 9.97 Å². The number of imidazole rings is 1. The highest BCUT2D eigenvalue weighted by atomic mass is 79.9. The first-order valence-corrected chi connectivity index (χ1v) is 6.40. The molecule has 16 heavy (non-hydrogen) atoms. The van der Waals surface area contributed by atoms with E-state index in [2.05, 4.69) is 32.8 Å². The molecule has 3 nitrogen and oxygen atoms in total. The van der Waals surface area contributed by atoms with Crippen molar-refractivity contribution < 1.29 is 0 Å². The van der Waals surface area contributed by atoms with Gasteiger partial charge in [-0.1, -0.05) is 35.7 Å². The minimum absolute atomic E-state index is 0.0196. The fourth-order valence-electron chi connectivity index (χ4n) is 1.74. The number of nitrogens with one attached hydrogen (secondary N) is 1. The van der Waals surface area contributed by atoms with Crippen LogP contribution in [0.3, 0.4) is 0 Å². The van der Waals surface area contributed by atoms with Crippen molar-refractivity contribution in [2.24, 2.45) is 5.73 Å². The molecule has 4 heteroatoms. The number of unbranched alkanes of at least 4 members (excludes halogenated alkanes) is 1. The lowest BCUT2D eigenvalue weighted by atomic mass is 10.1. The molecule has 0 aliphatic carbocycles. The summed E-state index contributed by atoms with van der Waals surface area (Å²) in [6.07, 6.45) is 3.29. The van der Waals surface area contributed by atoms with E-state index in [-0.39, 0.29) is 6.04 Å². The first-order chi connectivity index (χ1) is 7.70. The minimum Gasteiger partial charge on any atom is -0.341 e. The molecule has 0 aliphatic heterocycles. The van der Waals surface area contributed by atoms with E-state index in [1.54, 1.807) is 0 Å². The molecule has 1 heterocycles. The highest BCUT2D eigenvalue weighted by Gasteiger charge is 2.10. The fraction of sp³-hybridized carbons (Fsp3) is 0.417. The Bertz CT molecular complexity index is 478. The molecule has 0 radical (unpaired) electrons. The van der Waals surface area contributed by atoms with Crippen LogP contribution >= 0.6 is 15.9 Å². The molecule has 0 fully saturated rings. The molecule has 0 amide bonds. The molecule has 1 unspecified atom stereocenters. The quantitative estimate of drug-likeness (QED) is 0.901. The molecule has 0 saturated heterocycles. The van der Waals surface area contributed by atoms with Gasteiger partial charge < -0.3 is 10.7 Å². The Morgan fingerprint density at radius 2 is 2.31 bits per heavy atom. The van der Waals surface area contributed by atoms with Gasteiger partial charge in [-0.05, 0) is 24.6 Å². The normalized spacial score (nSPS) is 13.2. The number of benzene rings is 1. The molecule has 2 rings (SSSR count). The third-order valence-electron chi connectivity index (χ3n) is 2.68. The van der Waals surface area contributed by atoms with Gasteiger partial charge in [-0.3, -0.25) is 0 Å². The molecule has 2 aromatic rings. The number of nitrogens with zero attached hydrogens (tertiary/aromatic N) is 1. The Hall–Kier alpha value is -0.870. The molecule has 0 saturated carbocycles. The molecule has 86 valence electrons. The van der Waals surface area contributed by atoms with Gasteiger partial charge in [0.1, 0.15) is 5.82 Å². The number of rotatable bonds is 4. The van der Waals surface area contributed by atoms with Crippen molar-refractivity contribution in [1.29, 1.82) is 0 Å². The summed E-state index contributed by atoms with van der Waals surface area (Å²) in [5.74, 6) is 0.890. The van der Waals surface area contributed by atoms with E-state index in [0.717, 1.165) is 34.2 Å². The Morgan fingerprint density at radius 1 is 1.50 bits per heavy atom. The molecule has 0 spiro atoms. The summed E-state index contributed by atoms with van der Waals surface area (Å²) in [6, 6.07) is 6.03. The zero-order valence-corrected chi connectivity index (χ0v) is 10.9. The van der Waals surface area contributed by atoms with E-state index >= 15 is 0 Å². The van der Waals surface area contributed by atoms with Gasteiger partial charge in [0.05, 0.1) is 17.1 Å². The van der Waals surface area contributed by atoms with E-state index in [0.29, 0.717) is 0 Å². The Balaban J connectivity index is 2.25. The molecule has 1 aromatic heterocycles. The van der Waals surface area contributed by atoms with E-state index < -0.39 is 0 Å². The van der Waals surface area contributed by atoms with Crippen LogP contribution in [0, 0.1) is 0 Å². The number of H-pyrrole nitrogens is 1. The van der Waals surface area contributed by atoms with Crippen molar-refractivity contribution in [1.82, 2.24) is 9.97 Å². The van der Waals surface area contributed by atoms with E-state index in [4.69, 9.17) is 5.73 Å². The third kappa shape index (κ3) is 2.44. The molecular weight excluding hydrogens is 266 g/mol. The number of fused-ring (bicyclic) bond motifs is 1. The second-order valence-corrected chi connectivity index (χ2v) is 4.95. The van der Waals surface area contributed by atoms with Crippen molar-refractivity contribution >= 4 is 27.0 Å². The third-order valence-corrected chi connectivity index (χ3v) is 3.18. The summed E-state index contributed by atoms with van der Waals surface area (Å²) in [7, 11) is 0. The average Bonchev–Trinajstić information content (AvgIpc) is 2.68. The molecule has 0 aliphatic rings. The lowest BCUT2D eigenvalue weighted by molar-refractivity contribution is 0.581. The van der Waals surface area contributed by atoms with Gasteiger partial charge in [-0.15, -0.1) is 0 Å². The summed E-state index contributed by atoms with van der Waals surface area (Å²) in [5.41, 5.74) is 8.09. The average molecular weight is 282 g/mol. The zero-order chi connectivity index (χ0) is 11.5. The second kappa shape index (κ2) is 4.97. The Morgan fingerprint density at radius 3 is 3.06 bits per heavy atom. The summed E-state index contributed by atoms with van der Waals surface area (Å²) >= 11 is 3.44. The number of hydrogen-bond donors (Lipinski definition) is 2. The van der Waals surface area contributed by atoms with E-state index in [1.807, 2.05) is 18.2 Å². The molecule has 0 bridgehead atoms. The lowest BCUT2D eigenvalue weighted by Gasteiger charge is -2.06. The van der Waals surface area contributed by atoms with Gasteiger partial charge in [0.15, 0.2) is 0 Å². The first-order valence-electron chi connectivity index (χ1n) is 5.61. The first kappa shape index (κ1) is 11.6. The van der Waals surface area contributed by atoms with Crippen LogP contribution in [0.5, 0.6) is 0 Å². The molecular formula is C12H16BrN3. The number of aromatic nitrogens is 2. The maximum absolute atomic E-state index is 6.08. The van der Waals surface area contributed by atoms with Crippen LogP contribution in [-0.2, 0) is 0 Å². The van der Waals surface area contributed by atoms with Crippen molar-refractivity contribution in [2.45, 2.75) is 32.2 Å². The van der Waals surface area contributed by atoms with Gasteiger partial charge in [0, 0.05) is 4.47 Å². The van der Waals surface area contributed by atoms with Gasteiger partial charge in [-0.2, -0.15) is 0 Å². The molecule has 1 atom stereocenters. The zero-order valence-electron chi connectivity index (χ0n) is 9.33. The predicted octanol–water partition coefficient (Wildman–Crippen LogP) is 3.52. The predicted molar refractivity (Wildman–Crippen MR) is 70.2 cm³/mol. The maximum atomic E-state index is 6.08. The number of nitrogens with two attached hydrogens (primary N) is 1. The van der Waals surface area contributed by atoms with Gasteiger partial charge in [0.2, 0.25) is 0 Å². The SMILES string of the molecule is CCCCC(N)c1nc2ccc(Br)cc2[nH]1. The van der Waals surface area contributed by atoms with E-state index in [9.17, 15) is 0 Å². The van der Waals surface area contributed by atoms with Crippen LogP contribution in [0.2, 0.25) is 0 Å². The summed E-state index contributed by atoms with van der Waals surface area (Å²) in [6.45, 7) is 2.17. The fourth-order valence-corrected chi connectivity index (χ4v) is 2.10.